The summed E-state index contributed by atoms with van der Waals surface area (Å²) in [4.78, 5) is 42.3. The van der Waals surface area contributed by atoms with Gasteiger partial charge in [0.15, 0.2) is 0 Å². The van der Waals surface area contributed by atoms with E-state index < -0.39 is 36.5 Å². The number of alkyl carbamates (subject to hydrolysis) is 2. The molecule has 0 aliphatic rings. The molecule has 0 saturated carbocycles. The van der Waals surface area contributed by atoms with E-state index in [0.29, 0.717) is 25.7 Å². The fourth-order valence-corrected chi connectivity index (χ4v) is 1.34. The topological polar surface area (TPSA) is 111 Å². The van der Waals surface area contributed by atoms with E-state index in [4.69, 9.17) is 0 Å². The molecule has 0 aromatic rings. The number of rotatable bonds is 7. The van der Waals surface area contributed by atoms with Crippen LogP contribution in [-0.2, 0) is 19.1 Å². The van der Waals surface area contributed by atoms with Crippen molar-refractivity contribution in [3.63, 3.8) is 0 Å². The zero-order valence-electron chi connectivity index (χ0n) is 13.0. The maximum atomic E-state index is 11.8. The number of hydrogen-bond donors (Lipinski definition) is 2. The zero-order valence-corrected chi connectivity index (χ0v) is 13.0. The van der Waals surface area contributed by atoms with Gasteiger partial charge >= 0.3 is 36.5 Å². The molecule has 0 rings (SSSR count). The first-order valence-electron chi connectivity index (χ1n) is 6.97. The minimum Gasteiger partial charge on any atom is -0.369 e. The lowest BCUT2D eigenvalue weighted by molar-refractivity contribution is -0.193. The second-order valence-corrected chi connectivity index (χ2v) is 4.62. The van der Waals surface area contributed by atoms with Gasteiger partial charge in [-0.3, -0.25) is 0 Å². The van der Waals surface area contributed by atoms with Crippen LogP contribution in [0.4, 0.5) is 35.9 Å². The highest BCUT2D eigenvalue weighted by atomic mass is 19.4. The molecule has 0 heterocycles. The van der Waals surface area contributed by atoms with Crippen molar-refractivity contribution < 1.29 is 55.0 Å². The number of nitrogens with one attached hydrogen (secondary N) is 2. The van der Waals surface area contributed by atoms with Crippen molar-refractivity contribution in [2.45, 2.75) is 38.0 Å². The molecular formula is C12H14F6N2O6. The van der Waals surface area contributed by atoms with Crippen LogP contribution < -0.4 is 10.6 Å². The number of hydrogen-bond acceptors (Lipinski definition) is 6. The Morgan fingerprint density at radius 3 is 1.19 bits per heavy atom. The summed E-state index contributed by atoms with van der Waals surface area (Å²) in [5.74, 6) is -5.28. The van der Waals surface area contributed by atoms with Crippen LogP contribution in [0, 0.1) is 0 Å². The van der Waals surface area contributed by atoms with Crippen molar-refractivity contribution in [1.29, 1.82) is 0 Å². The lowest BCUT2D eigenvalue weighted by Crippen LogP contribution is -2.34. The molecule has 0 aliphatic heterocycles. The van der Waals surface area contributed by atoms with E-state index in [-0.39, 0.29) is 13.1 Å². The Labute approximate surface area is 142 Å². The molecule has 0 aromatic carbocycles. The molecule has 2 amide bonds. The summed E-state index contributed by atoms with van der Waals surface area (Å²) in [7, 11) is 0. The number of esters is 2. The molecule has 0 saturated heterocycles. The number of carbonyl (C=O) groups is 4. The van der Waals surface area contributed by atoms with Crippen LogP contribution in [0.25, 0.3) is 0 Å². The van der Waals surface area contributed by atoms with E-state index in [1.165, 1.54) is 0 Å². The SMILES string of the molecule is O=C(NCCCCCCNC(=O)OC(=O)C(F)(F)F)OC(=O)C(F)(F)F. The lowest BCUT2D eigenvalue weighted by Gasteiger charge is -2.08. The number of amides is 2. The van der Waals surface area contributed by atoms with Crippen molar-refractivity contribution in [1.82, 2.24) is 10.6 Å². The predicted octanol–water partition coefficient (Wildman–Crippen LogP) is 2.18. The van der Waals surface area contributed by atoms with Crippen LogP contribution in [0.15, 0.2) is 0 Å². The smallest absolute Gasteiger partial charge is 0.369 e. The van der Waals surface area contributed by atoms with Crippen LogP contribution in [-0.4, -0.2) is 49.6 Å². The number of halogens is 6. The Morgan fingerprint density at radius 2 is 0.923 bits per heavy atom. The first-order chi connectivity index (χ1) is 11.8. The van der Waals surface area contributed by atoms with Crippen LogP contribution in [0.3, 0.4) is 0 Å². The monoisotopic (exact) mass is 396 g/mol. The zero-order chi connectivity index (χ0) is 20.4. The highest BCUT2D eigenvalue weighted by molar-refractivity contribution is 5.88. The van der Waals surface area contributed by atoms with E-state index in [0.717, 1.165) is 0 Å². The van der Waals surface area contributed by atoms with Crippen LogP contribution >= 0.6 is 0 Å². The first-order valence-corrected chi connectivity index (χ1v) is 6.97. The van der Waals surface area contributed by atoms with Gasteiger partial charge in [0.1, 0.15) is 0 Å². The summed E-state index contributed by atoms with van der Waals surface area (Å²) < 4.78 is 77.6. The highest BCUT2D eigenvalue weighted by Gasteiger charge is 2.43. The number of alkyl halides is 6. The molecule has 0 aromatic heterocycles. The Kier molecular flexibility index (Phi) is 9.43. The predicted molar refractivity (Wildman–Crippen MR) is 69.6 cm³/mol. The normalized spacial score (nSPS) is 11.5. The highest BCUT2D eigenvalue weighted by Crippen LogP contribution is 2.17. The molecule has 150 valence electrons. The van der Waals surface area contributed by atoms with Gasteiger partial charge in [-0.25, -0.2) is 19.2 Å². The van der Waals surface area contributed by atoms with Crippen molar-refractivity contribution in [3.8, 4) is 0 Å². The lowest BCUT2D eigenvalue weighted by atomic mass is 10.2. The summed E-state index contributed by atoms with van der Waals surface area (Å²) in [6, 6.07) is 0. The van der Waals surface area contributed by atoms with Gasteiger partial charge in [-0.1, -0.05) is 12.8 Å². The molecule has 26 heavy (non-hydrogen) atoms. The Morgan fingerprint density at radius 1 is 0.615 bits per heavy atom. The van der Waals surface area contributed by atoms with Gasteiger partial charge < -0.3 is 20.1 Å². The molecule has 2 N–H and O–H groups in total. The third kappa shape index (κ3) is 11.1. The summed E-state index contributed by atoms with van der Waals surface area (Å²) in [6.07, 6.45) is -12.2. The first kappa shape index (κ1) is 23.5. The van der Waals surface area contributed by atoms with Gasteiger partial charge in [-0.2, -0.15) is 26.3 Å². The average molecular weight is 396 g/mol. The van der Waals surface area contributed by atoms with Gasteiger partial charge in [-0.05, 0) is 12.8 Å². The Hall–Kier alpha value is -2.54. The van der Waals surface area contributed by atoms with Crippen molar-refractivity contribution >= 4 is 24.1 Å². The largest absolute Gasteiger partial charge is 0.491 e. The van der Waals surface area contributed by atoms with Gasteiger partial charge in [0.25, 0.3) is 0 Å². The Balaban J connectivity index is 3.65. The maximum Gasteiger partial charge on any atom is 0.491 e. The standard InChI is InChI=1S/C12H14F6N2O6/c13-11(14,15)7(21)25-9(23)19-5-3-1-2-4-6-20-10(24)26-8(22)12(16,17)18/h1-6H2,(H,19,23)(H,20,24). The van der Waals surface area contributed by atoms with Crippen LogP contribution in [0.2, 0.25) is 0 Å². The number of carbonyl (C=O) groups excluding carboxylic acids is 4. The Bertz CT molecular complexity index is 473. The average Bonchev–Trinajstić information content (AvgIpc) is 2.47. The maximum absolute atomic E-state index is 11.8. The van der Waals surface area contributed by atoms with Gasteiger partial charge in [0.2, 0.25) is 0 Å². The van der Waals surface area contributed by atoms with Crippen LogP contribution in [0.1, 0.15) is 25.7 Å². The molecule has 0 bridgehead atoms. The molecule has 0 radical (unpaired) electrons. The second kappa shape index (κ2) is 10.5. The van der Waals surface area contributed by atoms with E-state index >= 15 is 0 Å². The van der Waals surface area contributed by atoms with E-state index in [9.17, 15) is 45.5 Å². The van der Waals surface area contributed by atoms with E-state index in [1.807, 2.05) is 10.6 Å². The summed E-state index contributed by atoms with van der Waals surface area (Å²) >= 11 is 0. The molecule has 14 heteroatoms. The summed E-state index contributed by atoms with van der Waals surface area (Å²) in [5.41, 5.74) is 0. The molecule has 0 aliphatic carbocycles. The second-order valence-electron chi connectivity index (χ2n) is 4.62. The number of ether oxygens (including phenoxy) is 2. The van der Waals surface area contributed by atoms with Crippen molar-refractivity contribution in [2.75, 3.05) is 13.1 Å². The molecule has 0 spiro atoms. The number of unbranched alkanes of at least 4 members (excludes halogenated alkanes) is 3. The van der Waals surface area contributed by atoms with Crippen molar-refractivity contribution in [3.05, 3.63) is 0 Å². The van der Waals surface area contributed by atoms with E-state index in [1.54, 1.807) is 0 Å². The third-order valence-electron chi connectivity index (χ3n) is 2.48. The fourth-order valence-electron chi connectivity index (χ4n) is 1.34. The minimum absolute atomic E-state index is 0.0838. The van der Waals surface area contributed by atoms with Gasteiger partial charge in [0, 0.05) is 13.1 Å². The quantitative estimate of drug-likeness (QED) is 0.295. The molecule has 0 atom stereocenters. The fraction of sp³-hybridized carbons (Fsp3) is 0.667. The van der Waals surface area contributed by atoms with Crippen LogP contribution in [0.5, 0.6) is 0 Å². The van der Waals surface area contributed by atoms with E-state index in [2.05, 4.69) is 9.47 Å². The minimum atomic E-state index is -5.28. The molecule has 8 nitrogen and oxygen atoms in total. The van der Waals surface area contributed by atoms with Gasteiger partial charge in [-0.15, -0.1) is 0 Å². The summed E-state index contributed by atoms with van der Waals surface area (Å²) in [6.45, 7) is -0.168. The molecular weight excluding hydrogens is 382 g/mol. The van der Waals surface area contributed by atoms with Crippen molar-refractivity contribution in [2.24, 2.45) is 0 Å². The molecule has 0 fully saturated rings. The van der Waals surface area contributed by atoms with Gasteiger partial charge in [0.05, 0.1) is 0 Å². The summed E-state index contributed by atoms with van der Waals surface area (Å²) in [5, 5.41) is 3.83. The third-order valence-corrected chi connectivity index (χ3v) is 2.48. The molecule has 0 unspecified atom stereocenters.